The summed E-state index contributed by atoms with van der Waals surface area (Å²) in [7, 11) is 0. The maximum Gasteiger partial charge on any atom is 0.296 e. The molecule has 0 spiro atoms. The molecular weight excluding hydrogens is 240 g/mol. The van der Waals surface area contributed by atoms with Gasteiger partial charge in [-0.2, -0.15) is 0 Å². The van der Waals surface area contributed by atoms with Crippen LogP contribution in [0.4, 0.5) is 0 Å². The zero-order valence-corrected chi connectivity index (χ0v) is 11.2. The molecule has 0 fully saturated rings. The van der Waals surface area contributed by atoms with Gasteiger partial charge in [-0.15, -0.1) is 0 Å². The number of hydrogen-bond acceptors (Lipinski definition) is 3. The first-order valence-electron chi connectivity index (χ1n) is 6.48. The van der Waals surface area contributed by atoms with E-state index in [-0.39, 0.29) is 11.7 Å². The Morgan fingerprint density at radius 2 is 2.05 bits per heavy atom. The second-order valence-electron chi connectivity index (χ2n) is 4.54. The summed E-state index contributed by atoms with van der Waals surface area (Å²) in [4.78, 5) is 18.5. The Kier molecular flexibility index (Phi) is 4.34. The fraction of sp³-hybridized carbons (Fsp3) is 0.333. The minimum atomic E-state index is -0.181. The van der Waals surface area contributed by atoms with Gasteiger partial charge in [-0.05, 0) is 18.9 Å². The van der Waals surface area contributed by atoms with E-state index in [1.165, 1.54) is 6.07 Å². The van der Waals surface area contributed by atoms with E-state index in [9.17, 15) is 4.79 Å². The Labute approximate surface area is 112 Å². The highest BCUT2D eigenvalue weighted by Crippen LogP contribution is 2.09. The first kappa shape index (κ1) is 13.3. The lowest BCUT2D eigenvalue weighted by atomic mass is 10.1. The van der Waals surface area contributed by atoms with Gasteiger partial charge in [0.1, 0.15) is 0 Å². The number of nitrogens with zero attached hydrogens (tertiary/aromatic N) is 1. The van der Waals surface area contributed by atoms with Crippen LogP contribution >= 0.6 is 0 Å². The number of aromatic nitrogens is 2. The van der Waals surface area contributed by atoms with E-state index in [4.69, 9.17) is 4.74 Å². The molecule has 4 nitrogen and oxygen atoms in total. The minimum absolute atomic E-state index is 0.0372. The van der Waals surface area contributed by atoms with Gasteiger partial charge >= 0.3 is 0 Å². The molecule has 4 heteroatoms. The molecule has 100 valence electrons. The standard InChI is InChI=1S/C15H18N2O2/c1-3-11(2)19-15-16-13(10-14(18)17-15)9-12-7-5-4-6-8-12/h4-8,10-11H,3,9H2,1-2H3,(H,16,17,18). The normalized spacial score (nSPS) is 12.1. The zero-order valence-electron chi connectivity index (χ0n) is 11.2. The van der Waals surface area contributed by atoms with E-state index in [2.05, 4.69) is 9.97 Å². The summed E-state index contributed by atoms with van der Waals surface area (Å²) in [5.74, 6) is 0. The van der Waals surface area contributed by atoms with Crippen molar-refractivity contribution in [1.29, 1.82) is 0 Å². The molecule has 1 unspecified atom stereocenters. The van der Waals surface area contributed by atoms with Gasteiger partial charge in [0, 0.05) is 12.5 Å². The molecule has 0 saturated heterocycles. The SMILES string of the molecule is CCC(C)Oc1nc(Cc2ccccc2)cc(=O)[nH]1. The molecule has 2 aromatic rings. The number of ether oxygens (including phenoxy) is 1. The molecule has 1 aromatic carbocycles. The molecule has 2 rings (SSSR count). The number of benzene rings is 1. The third-order valence-electron chi connectivity index (χ3n) is 2.89. The van der Waals surface area contributed by atoms with Crippen molar-refractivity contribution < 1.29 is 4.74 Å². The van der Waals surface area contributed by atoms with Crippen LogP contribution in [0.2, 0.25) is 0 Å². The zero-order chi connectivity index (χ0) is 13.7. The third-order valence-corrected chi connectivity index (χ3v) is 2.89. The van der Waals surface area contributed by atoms with Crippen molar-refractivity contribution in [2.24, 2.45) is 0 Å². The smallest absolute Gasteiger partial charge is 0.296 e. The van der Waals surface area contributed by atoms with E-state index in [1.54, 1.807) is 0 Å². The van der Waals surface area contributed by atoms with Gasteiger partial charge in [0.05, 0.1) is 11.8 Å². The molecule has 1 aromatic heterocycles. The first-order chi connectivity index (χ1) is 9.17. The van der Waals surface area contributed by atoms with Gasteiger partial charge in [0.25, 0.3) is 11.6 Å². The molecule has 0 aliphatic carbocycles. The predicted molar refractivity (Wildman–Crippen MR) is 74.5 cm³/mol. The average molecular weight is 258 g/mol. The molecule has 1 atom stereocenters. The van der Waals surface area contributed by atoms with E-state index in [1.807, 2.05) is 44.2 Å². The maximum atomic E-state index is 11.6. The van der Waals surface area contributed by atoms with Gasteiger partial charge in [-0.1, -0.05) is 37.3 Å². The molecule has 0 radical (unpaired) electrons. The van der Waals surface area contributed by atoms with Crippen LogP contribution in [0.3, 0.4) is 0 Å². The second-order valence-corrected chi connectivity index (χ2v) is 4.54. The molecular formula is C15H18N2O2. The summed E-state index contributed by atoms with van der Waals surface area (Å²) in [6.07, 6.45) is 1.53. The number of rotatable bonds is 5. The van der Waals surface area contributed by atoms with Crippen molar-refractivity contribution in [2.45, 2.75) is 32.8 Å². The van der Waals surface area contributed by atoms with Gasteiger partial charge < -0.3 is 4.74 Å². The van der Waals surface area contributed by atoms with E-state index >= 15 is 0 Å². The van der Waals surface area contributed by atoms with E-state index in [0.717, 1.165) is 12.0 Å². The Morgan fingerprint density at radius 1 is 1.32 bits per heavy atom. The van der Waals surface area contributed by atoms with Crippen LogP contribution in [0.25, 0.3) is 0 Å². The summed E-state index contributed by atoms with van der Waals surface area (Å²) >= 11 is 0. The van der Waals surface area contributed by atoms with Crippen LogP contribution in [0.15, 0.2) is 41.2 Å². The lowest BCUT2D eigenvalue weighted by molar-refractivity contribution is 0.198. The highest BCUT2D eigenvalue weighted by Gasteiger charge is 2.06. The van der Waals surface area contributed by atoms with Crippen molar-refractivity contribution in [3.63, 3.8) is 0 Å². The monoisotopic (exact) mass is 258 g/mol. The second kappa shape index (κ2) is 6.18. The lowest BCUT2D eigenvalue weighted by Gasteiger charge is -2.11. The van der Waals surface area contributed by atoms with Gasteiger partial charge in [-0.3, -0.25) is 9.78 Å². The van der Waals surface area contributed by atoms with Crippen LogP contribution in [0, 0.1) is 0 Å². The van der Waals surface area contributed by atoms with Crippen molar-refractivity contribution >= 4 is 0 Å². The average Bonchev–Trinajstić information content (AvgIpc) is 2.39. The van der Waals surface area contributed by atoms with Crippen molar-refractivity contribution in [3.05, 3.63) is 58.0 Å². The summed E-state index contributed by atoms with van der Waals surface area (Å²) in [5.41, 5.74) is 1.66. The maximum absolute atomic E-state index is 11.6. The largest absolute Gasteiger partial charge is 0.462 e. The molecule has 0 saturated carbocycles. The van der Waals surface area contributed by atoms with Gasteiger partial charge in [-0.25, -0.2) is 4.98 Å². The number of H-pyrrole nitrogens is 1. The molecule has 0 aliphatic heterocycles. The number of aromatic amines is 1. The van der Waals surface area contributed by atoms with Crippen LogP contribution in [-0.4, -0.2) is 16.1 Å². The van der Waals surface area contributed by atoms with Crippen LogP contribution in [0.5, 0.6) is 6.01 Å². The van der Waals surface area contributed by atoms with Crippen LogP contribution in [-0.2, 0) is 6.42 Å². The summed E-state index contributed by atoms with van der Waals surface area (Å²) in [5, 5.41) is 0. The summed E-state index contributed by atoms with van der Waals surface area (Å²) in [6, 6.07) is 11.7. The minimum Gasteiger partial charge on any atom is -0.462 e. The Bertz CT molecular complexity index is 578. The van der Waals surface area contributed by atoms with Crippen molar-refractivity contribution in [3.8, 4) is 6.01 Å². The topological polar surface area (TPSA) is 55.0 Å². The molecule has 0 aliphatic rings. The van der Waals surface area contributed by atoms with E-state index < -0.39 is 0 Å². The first-order valence-corrected chi connectivity index (χ1v) is 6.48. The Morgan fingerprint density at radius 3 is 2.74 bits per heavy atom. The summed E-state index contributed by atoms with van der Waals surface area (Å²) in [6.45, 7) is 3.97. The molecule has 19 heavy (non-hydrogen) atoms. The highest BCUT2D eigenvalue weighted by atomic mass is 16.5. The van der Waals surface area contributed by atoms with Gasteiger partial charge in [0.15, 0.2) is 0 Å². The van der Waals surface area contributed by atoms with Gasteiger partial charge in [0.2, 0.25) is 0 Å². The number of nitrogens with one attached hydrogen (secondary N) is 1. The van der Waals surface area contributed by atoms with Crippen molar-refractivity contribution in [2.75, 3.05) is 0 Å². The predicted octanol–water partition coefficient (Wildman–Crippen LogP) is 2.54. The number of hydrogen-bond donors (Lipinski definition) is 1. The quantitative estimate of drug-likeness (QED) is 0.896. The van der Waals surface area contributed by atoms with Crippen LogP contribution in [0.1, 0.15) is 31.5 Å². The third kappa shape index (κ3) is 3.95. The molecule has 1 heterocycles. The highest BCUT2D eigenvalue weighted by molar-refractivity contribution is 5.21. The van der Waals surface area contributed by atoms with Crippen molar-refractivity contribution in [1.82, 2.24) is 9.97 Å². The molecule has 0 amide bonds. The lowest BCUT2D eigenvalue weighted by Crippen LogP contribution is -2.17. The van der Waals surface area contributed by atoms with E-state index in [0.29, 0.717) is 18.1 Å². The molecule has 1 N–H and O–H groups in total. The fourth-order valence-corrected chi connectivity index (χ4v) is 1.71. The fourth-order valence-electron chi connectivity index (χ4n) is 1.71. The Hall–Kier alpha value is -2.10. The Balaban J connectivity index is 2.19. The molecule has 0 bridgehead atoms. The summed E-state index contributed by atoms with van der Waals surface area (Å²) < 4.78 is 5.56. The van der Waals surface area contributed by atoms with Crippen LogP contribution < -0.4 is 10.3 Å².